The van der Waals surface area contributed by atoms with Crippen LogP contribution in [0.25, 0.3) is 155 Å². The highest BCUT2D eigenvalue weighted by molar-refractivity contribution is 6.11. The summed E-state index contributed by atoms with van der Waals surface area (Å²) in [6.45, 7) is 24.0. The number of rotatable bonds is 7. The van der Waals surface area contributed by atoms with Crippen molar-refractivity contribution in [3.8, 4) is 111 Å². The molecule has 2 heteroatoms. The van der Waals surface area contributed by atoms with Crippen molar-refractivity contribution < 1.29 is 8.83 Å². The minimum Gasteiger partial charge on any atom is -0.455 e. The molecule has 0 unspecified atom stereocenters. The van der Waals surface area contributed by atoms with Gasteiger partial charge in [-0.25, -0.2) is 0 Å². The summed E-state index contributed by atoms with van der Waals surface area (Å²) in [4.78, 5) is 0. The van der Waals surface area contributed by atoms with E-state index in [9.17, 15) is 0 Å². The van der Waals surface area contributed by atoms with Gasteiger partial charge in [-0.1, -0.05) is 564 Å². The first-order valence-corrected chi connectivity index (χ1v) is 52.8. The Morgan fingerprint density at radius 3 is 0.867 bits per heavy atom. The third kappa shape index (κ3) is 18.3. The Morgan fingerprint density at radius 1 is 0.180 bits per heavy atom. The van der Waals surface area contributed by atoms with E-state index < -0.39 is 0 Å². The first-order valence-electron chi connectivity index (χ1n) is 52.8. The number of aryl methyl sites for hydroxylation is 9. The van der Waals surface area contributed by atoms with Crippen LogP contribution in [0.2, 0.25) is 0 Å². The molecule has 22 aromatic carbocycles. The van der Waals surface area contributed by atoms with Crippen molar-refractivity contribution in [3.05, 3.63) is 621 Å². The van der Waals surface area contributed by atoms with Crippen molar-refractivity contribution in [1.82, 2.24) is 0 Å². The van der Waals surface area contributed by atoms with Crippen LogP contribution in [0, 0.1) is 55.4 Å². The molecule has 5 aliphatic rings. The molecule has 0 radical (unpaired) electrons. The van der Waals surface area contributed by atoms with E-state index in [1.165, 1.54) is 240 Å². The summed E-state index contributed by atoms with van der Waals surface area (Å²) in [5, 5.41) is 4.71. The maximum Gasteiger partial charge on any atom is 0.143 e. The molecule has 29 rings (SSSR count). The summed E-state index contributed by atoms with van der Waals surface area (Å²) in [6.07, 6.45) is 2.39. The lowest BCUT2D eigenvalue weighted by molar-refractivity contribution is 0.660. The Morgan fingerprint density at radius 2 is 0.447 bits per heavy atom. The molecule has 150 heavy (non-hydrogen) atoms. The SMILES string of the molecule is CCCc1ccc(-c2ccc(C)cc2)cc1.Cc1ccc(-c2cccc3c2oc2ccccc23)cc1.Cc1ccc(-c2cccc3c2oc2ccccc23)cc1.Cc1ccc(-c2ccccc2)cc1.Cc1ccc2c(c1)C(C)(C)c1ccccc1-2.Cc1ccc2c(c1)C1(c3ccccc3-c3ccccc31)c1ccccc1-2.Cc1cccc2c1-c1ccccc1C21c2ccccc2-c2ccccc21.Cc1ccccc1-c1ccccc1. The Bertz CT molecular complexity index is 8650. The second kappa shape index (κ2) is 42.1. The van der Waals surface area contributed by atoms with Crippen molar-refractivity contribution >= 4 is 43.9 Å². The van der Waals surface area contributed by atoms with Gasteiger partial charge in [0.2, 0.25) is 0 Å². The third-order valence-corrected chi connectivity index (χ3v) is 30.9. The van der Waals surface area contributed by atoms with Gasteiger partial charge in [0, 0.05) is 38.1 Å². The fourth-order valence-corrected chi connectivity index (χ4v) is 23.6. The molecule has 0 bridgehead atoms. The molecule has 5 aliphatic carbocycles. The largest absolute Gasteiger partial charge is 0.455 e. The van der Waals surface area contributed by atoms with Gasteiger partial charge in [-0.3, -0.25) is 0 Å². The van der Waals surface area contributed by atoms with Crippen LogP contribution in [0.15, 0.2) is 524 Å². The Hall–Kier alpha value is -17.6. The summed E-state index contributed by atoms with van der Waals surface area (Å²) < 4.78 is 12.1. The number of benzene rings is 22. The zero-order valence-electron chi connectivity index (χ0n) is 87.3. The molecule has 0 fully saturated rings. The summed E-state index contributed by atoms with van der Waals surface area (Å²) in [5.74, 6) is 0. The van der Waals surface area contributed by atoms with Crippen molar-refractivity contribution in [2.75, 3.05) is 0 Å². The highest BCUT2D eigenvalue weighted by Crippen LogP contribution is 2.65. The van der Waals surface area contributed by atoms with E-state index in [4.69, 9.17) is 8.83 Å². The smallest absolute Gasteiger partial charge is 0.143 e. The predicted molar refractivity (Wildman–Crippen MR) is 635 cm³/mol. The van der Waals surface area contributed by atoms with Crippen molar-refractivity contribution in [2.45, 2.75) is 105 Å². The molecule has 0 atom stereocenters. The second-order valence-electron chi connectivity index (χ2n) is 41.1. The molecule has 0 aliphatic heterocycles. The lowest BCUT2D eigenvalue weighted by atomic mass is 9.70. The van der Waals surface area contributed by atoms with Crippen LogP contribution in [0.5, 0.6) is 0 Å². The highest BCUT2D eigenvalue weighted by Gasteiger charge is 2.53. The molecule has 2 nitrogen and oxygen atoms in total. The maximum absolute atomic E-state index is 6.07. The van der Waals surface area contributed by atoms with Crippen LogP contribution in [0.4, 0.5) is 0 Å². The lowest BCUT2D eigenvalue weighted by Crippen LogP contribution is -2.25. The third-order valence-electron chi connectivity index (χ3n) is 30.9. The quantitative estimate of drug-likeness (QED) is 0.159. The van der Waals surface area contributed by atoms with E-state index >= 15 is 0 Å². The number of furan rings is 2. The average Bonchev–Trinajstić information content (AvgIpc) is 1.48. The van der Waals surface area contributed by atoms with E-state index in [1.807, 2.05) is 36.4 Å². The van der Waals surface area contributed by atoms with E-state index in [1.54, 1.807) is 0 Å². The standard InChI is InChI=1S/2C26H18.2C19H14O.C16H16.C16H18.2C13H12/c1-17-9-8-16-24-25(17)20-12-4-7-15-23(20)26(24)21-13-5-2-10-18(21)19-11-3-6-14-22(19)26;1-17-14-15-21-20-10-4-7-13-24(20)26(25(21)16-17)22-11-5-2-8-18(22)19-9-3-6-12-23(19)26;2*1-13-9-11-14(12-10-13)15-6-4-7-17-16-5-2-3-8-18(16)20-19(15)17;1-11-8-9-13-12-6-4-5-7-14(12)16(2,3)15(13)10-11;1-3-4-14-7-11-16(12-8-14)15-9-5-13(2)6-10-15;1-11-7-5-6-10-13(11)12-8-3-2-4-9-12;1-11-7-9-13(10-8-11)12-5-3-2-4-6-12/h2*2-16H,1H3;2*2-12H,1H3;4-10H,1-3H3;5-12H,3-4H2,1-2H3;2*2-10H,1H3. The normalized spacial score (nSPS) is 12.6. The van der Waals surface area contributed by atoms with Gasteiger partial charge in [0.15, 0.2) is 0 Å². The Kier molecular flexibility index (Phi) is 27.3. The molecule has 0 N–H and O–H groups in total. The van der Waals surface area contributed by atoms with Gasteiger partial charge in [-0.15, -0.1) is 0 Å². The van der Waals surface area contributed by atoms with E-state index in [0.29, 0.717) is 0 Å². The summed E-state index contributed by atoms with van der Waals surface area (Å²) in [7, 11) is 0. The molecule has 0 saturated heterocycles. The number of hydrogen-bond donors (Lipinski definition) is 0. The van der Waals surface area contributed by atoms with Crippen molar-refractivity contribution in [3.63, 3.8) is 0 Å². The van der Waals surface area contributed by atoms with Gasteiger partial charge < -0.3 is 8.83 Å². The number of para-hydroxylation sites is 4. The van der Waals surface area contributed by atoms with E-state index in [0.717, 1.165) is 33.5 Å². The van der Waals surface area contributed by atoms with Crippen LogP contribution in [-0.2, 0) is 22.7 Å². The first kappa shape index (κ1) is 97.2. The van der Waals surface area contributed by atoms with Crippen molar-refractivity contribution in [2.24, 2.45) is 0 Å². The van der Waals surface area contributed by atoms with Gasteiger partial charge in [-0.2, -0.15) is 0 Å². The van der Waals surface area contributed by atoms with Crippen LogP contribution in [0.3, 0.4) is 0 Å². The molecule has 24 aromatic rings. The van der Waals surface area contributed by atoms with E-state index in [-0.39, 0.29) is 16.2 Å². The lowest BCUT2D eigenvalue weighted by Gasteiger charge is -2.30. The minimum atomic E-state index is -0.189. The van der Waals surface area contributed by atoms with Gasteiger partial charge in [0.25, 0.3) is 0 Å². The molecule has 0 amide bonds. The fraction of sp³-hybridized carbons (Fsp3) is 0.108. The fourth-order valence-electron chi connectivity index (χ4n) is 23.6. The van der Waals surface area contributed by atoms with Gasteiger partial charge in [0.05, 0.1) is 10.8 Å². The molecule has 2 heterocycles. The zero-order valence-corrected chi connectivity index (χ0v) is 87.3. The number of hydrogen-bond acceptors (Lipinski definition) is 2. The molecule has 2 spiro atoms. The monoisotopic (exact) mass is 1930 g/mol. The molecular weight excluding hydrogens is 1810 g/mol. The van der Waals surface area contributed by atoms with Gasteiger partial charge >= 0.3 is 0 Å². The highest BCUT2D eigenvalue weighted by atomic mass is 16.3. The van der Waals surface area contributed by atoms with Gasteiger partial charge in [0.1, 0.15) is 22.3 Å². The van der Waals surface area contributed by atoms with Crippen molar-refractivity contribution in [1.29, 1.82) is 0 Å². The van der Waals surface area contributed by atoms with Crippen LogP contribution in [-0.4, -0.2) is 0 Å². The summed E-state index contributed by atoms with van der Waals surface area (Å²) in [6, 6.07) is 185. The van der Waals surface area contributed by atoms with Crippen LogP contribution >= 0.6 is 0 Å². The second-order valence-corrected chi connectivity index (χ2v) is 41.1. The van der Waals surface area contributed by atoms with E-state index in [2.05, 4.69) is 555 Å². The minimum absolute atomic E-state index is 0.151. The molecule has 2 aromatic heterocycles. The summed E-state index contributed by atoms with van der Waals surface area (Å²) >= 11 is 0. The maximum atomic E-state index is 6.07. The molecular formula is C148H122O2. The first-order chi connectivity index (χ1) is 73.4. The molecule has 726 valence electrons. The van der Waals surface area contributed by atoms with Crippen LogP contribution < -0.4 is 0 Å². The molecule has 0 saturated carbocycles. The Balaban J connectivity index is 0.0000000981. The predicted octanol–water partition coefficient (Wildman–Crippen LogP) is 40.0. The average molecular weight is 1930 g/mol. The summed E-state index contributed by atoms with van der Waals surface area (Å²) in [5.41, 5.74) is 56.1. The topological polar surface area (TPSA) is 26.3 Å². The Labute approximate surface area is 884 Å². The zero-order chi connectivity index (χ0) is 103. The van der Waals surface area contributed by atoms with Gasteiger partial charge in [-0.05, 0) is 246 Å². The number of fused-ring (bicyclic) bond motifs is 29. The van der Waals surface area contributed by atoms with Crippen LogP contribution in [0.1, 0.15) is 133 Å².